The molecule has 0 aliphatic rings. The molecule has 2 heterocycles. The monoisotopic (exact) mass is 296 g/mol. The zero-order valence-corrected chi connectivity index (χ0v) is 12.1. The van der Waals surface area contributed by atoms with Gasteiger partial charge in [0.15, 0.2) is 0 Å². The number of carbonyl (C=O) groups excluding carboxylic acids is 1. The van der Waals surface area contributed by atoms with Gasteiger partial charge >= 0.3 is 0 Å². The largest absolute Gasteiger partial charge is 0.296 e. The van der Waals surface area contributed by atoms with Gasteiger partial charge in [-0.05, 0) is 30.7 Å². The fourth-order valence-electron chi connectivity index (χ4n) is 1.88. The normalized spacial score (nSPS) is 10.3. The van der Waals surface area contributed by atoms with Crippen molar-refractivity contribution in [2.45, 2.75) is 6.92 Å². The van der Waals surface area contributed by atoms with E-state index in [-0.39, 0.29) is 5.91 Å². The van der Waals surface area contributed by atoms with Gasteiger partial charge < -0.3 is 0 Å². The highest BCUT2D eigenvalue weighted by Crippen LogP contribution is 2.26. The number of anilines is 1. The standard InChI is InChI=1S/C15H12N4OS/c1-10-4-2-3-5-12(10)13(20)17-15-19-18-14(21-15)11-6-8-16-9-7-11/h2-9H,1H3,(H,17,19,20). The molecule has 0 saturated carbocycles. The van der Waals surface area contributed by atoms with E-state index in [1.165, 1.54) is 11.3 Å². The maximum atomic E-state index is 12.2. The van der Waals surface area contributed by atoms with E-state index in [4.69, 9.17) is 0 Å². The van der Waals surface area contributed by atoms with E-state index in [0.717, 1.165) is 16.1 Å². The number of benzene rings is 1. The third-order valence-electron chi connectivity index (χ3n) is 2.96. The number of hydrogen-bond acceptors (Lipinski definition) is 5. The van der Waals surface area contributed by atoms with Crippen molar-refractivity contribution in [3.05, 3.63) is 59.9 Å². The van der Waals surface area contributed by atoms with E-state index >= 15 is 0 Å². The summed E-state index contributed by atoms with van der Waals surface area (Å²) in [5, 5.41) is 12.1. The molecule has 5 nitrogen and oxygen atoms in total. The molecule has 0 aliphatic carbocycles. The number of aromatic nitrogens is 3. The first-order valence-corrected chi connectivity index (χ1v) is 7.16. The Hall–Kier alpha value is -2.60. The zero-order chi connectivity index (χ0) is 14.7. The van der Waals surface area contributed by atoms with Crippen molar-refractivity contribution < 1.29 is 4.79 Å². The minimum absolute atomic E-state index is 0.175. The maximum Gasteiger partial charge on any atom is 0.257 e. The summed E-state index contributed by atoms with van der Waals surface area (Å²) in [7, 11) is 0. The summed E-state index contributed by atoms with van der Waals surface area (Å²) >= 11 is 1.33. The van der Waals surface area contributed by atoms with Crippen LogP contribution in [0.1, 0.15) is 15.9 Å². The lowest BCUT2D eigenvalue weighted by molar-refractivity contribution is 0.102. The smallest absolute Gasteiger partial charge is 0.257 e. The van der Waals surface area contributed by atoms with Crippen LogP contribution in [-0.2, 0) is 0 Å². The quantitative estimate of drug-likeness (QED) is 0.806. The van der Waals surface area contributed by atoms with E-state index in [1.54, 1.807) is 18.5 Å². The van der Waals surface area contributed by atoms with Crippen molar-refractivity contribution in [3.8, 4) is 10.6 Å². The van der Waals surface area contributed by atoms with E-state index < -0.39 is 0 Å². The van der Waals surface area contributed by atoms with Crippen LogP contribution in [0.5, 0.6) is 0 Å². The van der Waals surface area contributed by atoms with E-state index in [2.05, 4.69) is 20.5 Å². The number of amides is 1. The second-order valence-corrected chi connectivity index (χ2v) is 5.39. The minimum atomic E-state index is -0.175. The Bertz CT molecular complexity index is 770. The number of pyridine rings is 1. The molecule has 0 aliphatic heterocycles. The third-order valence-corrected chi connectivity index (χ3v) is 3.85. The molecule has 104 valence electrons. The van der Waals surface area contributed by atoms with Crippen LogP contribution in [0.25, 0.3) is 10.6 Å². The van der Waals surface area contributed by atoms with Crippen LogP contribution in [-0.4, -0.2) is 21.1 Å². The summed E-state index contributed by atoms with van der Waals surface area (Å²) in [6.07, 6.45) is 3.39. The van der Waals surface area contributed by atoms with Crippen molar-refractivity contribution >= 4 is 22.4 Å². The van der Waals surface area contributed by atoms with Crippen LogP contribution in [0.4, 0.5) is 5.13 Å². The predicted molar refractivity (Wildman–Crippen MR) is 82.3 cm³/mol. The maximum absolute atomic E-state index is 12.2. The van der Waals surface area contributed by atoms with Gasteiger partial charge in [-0.15, -0.1) is 10.2 Å². The topological polar surface area (TPSA) is 67.8 Å². The van der Waals surface area contributed by atoms with Gasteiger partial charge in [-0.2, -0.15) is 0 Å². The number of aryl methyl sites for hydroxylation is 1. The number of hydrogen-bond donors (Lipinski definition) is 1. The zero-order valence-electron chi connectivity index (χ0n) is 11.3. The average molecular weight is 296 g/mol. The SMILES string of the molecule is Cc1ccccc1C(=O)Nc1nnc(-c2ccncc2)s1. The van der Waals surface area contributed by atoms with Crippen LogP contribution in [0, 0.1) is 6.92 Å². The molecule has 0 radical (unpaired) electrons. The summed E-state index contributed by atoms with van der Waals surface area (Å²) in [6.45, 7) is 1.90. The molecule has 0 saturated heterocycles. The number of nitrogens with zero attached hydrogens (tertiary/aromatic N) is 3. The molecule has 1 amide bonds. The minimum Gasteiger partial charge on any atom is -0.296 e. The molecule has 3 aromatic rings. The molecule has 1 aromatic carbocycles. The molecule has 1 N–H and O–H groups in total. The Morgan fingerprint density at radius 1 is 1.10 bits per heavy atom. The number of carbonyl (C=O) groups is 1. The van der Waals surface area contributed by atoms with Gasteiger partial charge in [0, 0.05) is 23.5 Å². The Balaban J connectivity index is 1.79. The van der Waals surface area contributed by atoms with Gasteiger partial charge in [-0.25, -0.2) is 0 Å². The fraction of sp³-hybridized carbons (Fsp3) is 0.0667. The lowest BCUT2D eigenvalue weighted by Gasteiger charge is -2.03. The van der Waals surface area contributed by atoms with Crippen molar-refractivity contribution in [3.63, 3.8) is 0 Å². The molecule has 21 heavy (non-hydrogen) atoms. The Morgan fingerprint density at radius 2 is 1.86 bits per heavy atom. The Labute approximate surface area is 125 Å². The second-order valence-electron chi connectivity index (χ2n) is 4.42. The lowest BCUT2D eigenvalue weighted by atomic mass is 10.1. The van der Waals surface area contributed by atoms with Crippen LogP contribution in [0.3, 0.4) is 0 Å². The second kappa shape index (κ2) is 5.80. The predicted octanol–water partition coefficient (Wildman–Crippen LogP) is 3.16. The van der Waals surface area contributed by atoms with E-state index in [0.29, 0.717) is 10.7 Å². The van der Waals surface area contributed by atoms with E-state index in [9.17, 15) is 4.79 Å². The summed E-state index contributed by atoms with van der Waals surface area (Å²) in [5.41, 5.74) is 2.49. The molecule has 6 heteroatoms. The molecular formula is C15H12N4OS. The van der Waals surface area contributed by atoms with Crippen molar-refractivity contribution in [1.82, 2.24) is 15.2 Å². The summed E-state index contributed by atoms with van der Waals surface area (Å²) < 4.78 is 0. The number of nitrogens with one attached hydrogen (secondary N) is 1. The lowest BCUT2D eigenvalue weighted by Crippen LogP contribution is -2.12. The summed E-state index contributed by atoms with van der Waals surface area (Å²) in [6, 6.07) is 11.1. The van der Waals surface area contributed by atoms with Crippen LogP contribution in [0.15, 0.2) is 48.8 Å². The molecular weight excluding hydrogens is 284 g/mol. The third kappa shape index (κ3) is 2.95. The van der Waals surface area contributed by atoms with Crippen molar-refractivity contribution in [2.75, 3.05) is 5.32 Å². The first-order chi connectivity index (χ1) is 10.2. The molecule has 0 spiro atoms. The first kappa shape index (κ1) is 13.4. The summed E-state index contributed by atoms with van der Waals surface area (Å²) in [5.74, 6) is -0.175. The summed E-state index contributed by atoms with van der Waals surface area (Å²) in [4.78, 5) is 16.2. The van der Waals surface area contributed by atoms with E-state index in [1.807, 2.05) is 37.3 Å². The molecule has 0 unspecified atom stereocenters. The molecule has 2 aromatic heterocycles. The Kier molecular flexibility index (Phi) is 3.70. The molecule has 0 atom stereocenters. The van der Waals surface area contributed by atoms with Crippen molar-refractivity contribution in [1.29, 1.82) is 0 Å². The highest BCUT2D eigenvalue weighted by molar-refractivity contribution is 7.18. The molecule has 3 rings (SSSR count). The Morgan fingerprint density at radius 3 is 2.62 bits per heavy atom. The molecule has 0 bridgehead atoms. The van der Waals surface area contributed by atoms with Crippen molar-refractivity contribution in [2.24, 2.45) is 0 Å². The fourth-order valence-corrected chi connectivity index (χ4v) is 2.62. The van der Waals surface area contributed by atoms with Gasteiger partial charge in [0.25, 0.3) is 5.91 Å². The highest BCUT2D eigenvalue weighted by atomic mass is 32.1. The molecule has 0 fully saturated rings. The van der Waals surface area contributed by atoms with Gasteiger partial charge in [0.1, 0.15) is 5.01 Å². The first-order valence-electron chi connectivity index (χ1n) is 6.35. The van der Waals surface area contributed by atoms with Crippen LogP contribution >= 0.6 is 11.3 Å². The average Bonchev–Trinajstić information content (AvgIpc) is 2.97. The van der Waals surface area contributed by atoms with Gasteiger partial charge in [-0.3, -0.25) is 15.1 Å². The highest BCUT2D eigenvalue weighted by Gasteiger charge is 2.12. The van der Waals surface area contributed by atoms with Gasteiger partial charge in [0.2, 0.25) is 5.13 Å². The van der Waals surface area contributed by atoms with Crippen LogP contribution < -0.4 is 5.32 Å². The van der Waals surface area contributed by atoms with Crippen LogP contribution in [0.2, 0.25) is 0 Å². The van der Waals surface area contributed by atoms with Gasteiger partial charge in [-0.1, -0.05) is 29.5 Å². The van der Waals surface area contributed by atoms with Gasteiger partial charge in [0.05, 0.1) is 0 Å². The number of rotatable bonds is 3.